The van der Waals surface area contributed by atoms with Gasteiger partial charge in [-0.2, -0.15) is 5.10 Å². The van der Waals surface area contributed by atoms with Crippen molar-refractivity contribution in [2.45, 2.75) is 26.0 Å². The first-order valence-electron chi connectivity index (χ1n) is 11.3. The Morgan fingerprint density at radius 1 is 1.03 bits per heavy atom. The molecule has 0 bridgehead atoms. The van der Waals surface area contributed by atoms with E-state index in [1.54, 1.807) is 26.2 Å². The van der Waals surface area contributed by atoms with Gasteiger partial charge in [0.25, 0.3) is 5.91 Å². The largest absolute Gasteiger partial charge is 0.493 e. The van der Waals surface area contributed by atoms with E-state index >= 15 is 0 Å². The zero-order chi connectivity index (χ0) is 25.8. The van der Waals surface area contributed by atoms with E-state index in [1.807, 2.05) is 60.7 Å². The summed E-state index contributed by atoms with van der Waals surface area (Å²) in [6, 6.07) is 21.9. The Kier molecular flexibility index (Phi) is 10.3. The molecule has 0 aliphatic rings. The Balaban J connectivity index is 1.67. The fourth-order valence-corrected chi connectivity index (χ4v) is 3.88. The number of hydrogen-bond acceptors (Lipinski definition) is 6. The minimum Gasteiger partial charge on any atom is -0.493 e. The molecule has 2 amide bonds. The molecule has 0 heterocycles. The third-order valence-electron chi connectivity index (χ3n) is 5.03. The van der Waals surface area contributed by atoms with Crippen molar-refractivity contribution in [2.75, 3.05) is 13.7 Å². The van der Waals surface area contributed by atoms with E-state index in [0.717, 1.165) is 11.1 Å². The van der Waals surface area contributed by atoms with Gasteiger partial charge in [-0.3, -0.25) is 4.79 Å². The molecule has 0 aliphatic carbocycles. The summed E-state index contributed by atoms with van der Waals surface area (Å²) < 4.78 is 17.0. The molecule has 0 saturated carbocycles. The molecule has 0 fully saturated rings. The fraction of sp³-hybridized carbons (Fsp3) is 0.222. The smallest absolute Gasteiger partial charge is 0.407 e. The Bertz CT molecular complexity index is 1170. The molecule has 0 radical (unpaired) electrons. The van der Waals surface area contributed by atoms with Crippen molar-refractivity contribution in [3.63, 3.8) is 0 Å². The van der Waals surface area contributed by atoms with Crippen LogP contribution in [0.15, 0.2) is 82.4 Å². The standard InChI is InChI=1S/C27H28BrN3O5/c1-3-35-27(33)30-23(15-19-10-6-4-7-11-19)26(32)31-29-17-21-14-22(28)25(24(16-21)34-2)36-18-20-12-8-5-9-13-20/h4-14,16-17,23H,3,15,18H2,1-2H3,(H,30,33)(H,31,32)/b29-17-/t23-/m1/s1. The summed E-state index contributed by atoms with van der Waals surface area (Å²) in [5.74, 6) is 0.597. The van der Waals surface area contributed by atoms with Crippen molar-refractivity contribution in [3.05, 3.63) is 94.0 Å². The Morgan fingerprint density at radius 3 is 2.33 bits per heavy atom. The van der Waals surface area contributed by atoms with Crippen LogP contribution in [0.1, 0.15) is 23.6 Å². The van der Waals surface area contributed by atoms with Gasteiger partial charge >= 0.3 is 6.09 Å². The molecular formula is C27H28BrN3O5. The second-order valence-electron chi connectivity index (χ2n) is 7.65. The quantitative estimate of drug-likeness (QED) is 0.261. The summed E-state index contributed by atoms with van der Waals surface area (Å²) in [6.45, 7) is 2.28. The Hall–Kier alpha value is -3.85. The number of ether oxygens (including phenoxy) is 3. The number of methoxy groups -OCH3 is 1. The number of hydrazone groups is 1. The van der Waals surface area contributed by atoms with Crippen LogP contribution in [-0.2, 0) is 22.6 Å². The van der Waals surface area contributed by atoms with Crippen LogP contribution in [0.3, 0.4) is 0 Å². The van der Waals surface area contributed by atoms with Gasteiger partial charge in [-0.15, -0.1) is 0 Å². The third-order valence-corrected chi connectivity index (χ3v) is 5.62. The van der Waals surface area contributed by atoms with Crippen molar-refractivity contribution in [3.8, 4) is 11.5 Å². The summed E-state index contributed by atoms with van der Waals surface area (Å²) >= 11 is 3.52. The molecule has 3 aromatic rings. The van der Waals surface area contributed by atoms with Gasteiger partial charge < -0.3 is 19.5 Å². The average Bonchev–Trinajstić information content (AvgIpc) is 2.88. The maximum atomic E-state index is 12.8. The average molecular weight is 554 g/mol. The number of carbonyl (C=O) groups excluding carboxylic acids is 2. The molecule has 9 heteroatoms. The third kappa shape index (κ3) is 8.13. The highest BCUT2D eigenvalue weighted by Crippen LogP contribution is 2.36. The van der Waals surface area contributed by atoms with E-state index in [1.165, 1.54) is 6.21 Å². The fourth-order valence-electron chi connectivity index (χ4n) is 3.31. The number of halogens is 1. The predicted molar refractivity (Wildman–Crippen MR) is 141 cm³/mol. The molecule has 1 atom stereocenters. The van der Waals surface area contributed by atoms with Crippen molar-refractivity contribution in [2.24, 2.45) is 5.10 Å². The van der Waals surface area contributed by atoms with Crippen molar-refractivity contribution in [1.82, 2.24) is 10.7 Å². The van der Waals surface area contributed by atoms with Gasteiger partial charge in [0.05, 0.1) is 24.4 Å². The van der Waals surface area contributed by atoms with Gasteiger partial charge in [0.1, 0.15) is 12.6 Å². The van der Waals surface area contributed by atoms with E-state index in [-0.39, 0.29) is 13.0 Å². The molecule has 0 aliphatic heterocycles. The molecule has 8 nitrogen and oxygen atoms in total. The highest BCUT2D eigenvalue weighted by molar-refractivity contribution is 9.10. The molecule has 3 rings (SSSR count). The highest BCUT2D eigenvalue weighted by Gasteiger charge is 2.21. The second kappa shape index (κ2) is 13.9. The Morgan fingerprint density at radius 2 is 1.69 bits per heavy atom. The summed E-state index contributed by atoms with van der Waals surface area (Å²) in [5, 5.41) is 6.65. The molecule has 0 unspecified atom stereocenters. The molecular weight excluding hydrogens is 526 g/mol. The maximum absolute atomic E-state index is 12.8. The topological polar surface area (TPSA) is 98.2 Å². The number of nitrogens with one attached hydrogen (secondary N) is 2. The van der Waals surface area contributed by atoms with Crippen LogP contribution >= 0.6 is 15.9 Å². The zero-order valence-electron chi connectivity index (χ0n) is 20.1. The highest BCUT2D eigenvalue weighted by atomic mass is 79.9. The van der Waals surface area contributed by atoms with Crippen LogP contribution in [0.25, 0.3) is 0 Å². The van der Waals surface area contributed by atoms with Crippen molar-refractivity contribution in [1.29, 1.82) is 0 Å². The number of nitrogens with zero attached hydrogens (tertiary/aromatic N) is 1. The van der Waals surface area contributed by atoms with Gasteiger partial charge in [-0.1, -0.05) is 60.7 Å². The zero-order valence-corrected chi connectivity index (χ0v) is 21.7. The van der Waals surface area contributed by atoms with Gasteiger partial charge in [-0.05, 0) is 51.7 Å². The van der Waals surface area contributed by atoms with Gasteiger partial charge in [0.2, 0.25) is 0 Å². The lowest BCUT2D eigenvalue weighted by Gasteiger charge is -2.17. The number of rotatable bonds is 11. The molecule has 3 aromatic carbocycles. The number of carbonyl (C=O) groups is 2. The van der Waals surface area contributed by atoms with Gasteiger partial charge in [-0.25, -0.2) is 10.2 Å². The SMILES string of the molecule is CCOC(=O)N[C@H](Cc1ccccc1)C(=O)N/N=C\c1cc(Br)c(OCc2ccccc2)c(OC)c1. The summed E-state index contributed by atoms with van der Waals surface area (Å²) in [5.41, 5.74) is 5.08. The normalized spacial score (nSPS) is 11.5. The number of amides is 2. The minimum absolute atomic E-state index is 0.200. The van der Waals surface area contributed by atoms with E-state index in [4.69, 9.17) is 14.2 Å². The van der Waals surface area contributed by atoms with Crippen molar-refractivity contribution >= 4 is 34.1 Å². The first kappa shape index (κ1) is 26.7. The monoisotopic (exact) mass is 553 g/mol. The molecule has 0 spiro atoms. The van der Waals surface area contributed by atoms with Crippen LogP contribution < -0.4 is 20.2 Å². The van der Waals surface area contributed by atoms with Crippen LogP contribution in [0.4, 0.5) is 4.79 Å². The Labute approximate surface area is 218 Å². The number of benzene rings is 3. The number of alkyl carbamates (subject to hydrolysis) is 1. The van der Waals surface area contributed by atoms with E-state index in [0.29, 0.717) is 28.1 Å². The van der Waals surface area contributed by atoms with E-state index in [9.17, 15) is 9.59 Å². The molecule has 188 valence electrons. The van der Waals surface area contributed by atoms with Crippen LogP contribution in [0, 0.1) is 0 Å². The summed E-state index contributed by atoms with van der Waals surface area (Å²) in [4.78, 5) is 24.7. The lowest BCUT2D eigenvalue weighted by atomic mass is 10.1. The second-order valence-corrected chi connectivity index (χ2v) is 8.50. The lowest BCUT2D eigenvalue weighted by molar-refractivity contribution is -0.123. The first-order valence-corrected chi connectivity index (χ1v) is 12.1. The van der Waals surface area contributed by atoms with Crippen molar-refractivity contribution < 1.29 is 23.8 Å². The lowest BCUT2D eigenvalue weighted by Crippen LogP contribution is -2.47. The summed E-state index contributed by atoms with van der Waals surface area (Å²) in [6.07, 6.45) is 1.10. The minimum atomic E-state index is -0.862. The van der Waals surface area contributed by atoms with Crippen LogP contribution in [0.5, 0.6) is 11.5 Å². The molecule has 0 saturated heterocycles. The predicted octanol–water partition coefficient (Wildman–Crippen LogP) is 4.84. The van der Waals surface area contributed by atoms with E-state index in [2.05, 4.69) is 31.8 Å². The van der Waals surface area contributed by atoms with Gasteiger partial charge in [0.15, 0.2) is 11.5 Å². The van der Waals surface area contributed by atoms with Crippen LogP contribution in [-0.4, -0.2) is 38.0 Å². The number of hydrogen-bond donors (Lipinski definition) is 2. The van der Waals surface area contributed by atoms with Gasteiger partial charge in [0, 0.05) is 6.42 Å². The van der Waals surface area contributed by atoms with E-state index < -0.39 is 18.0 Å². The summed E-state index contributed by atoms with van der Waals surface area (Å²) in [7, 11) is 1.55. The van der Waals surface area contributed by atoms with Crippen LogP contribution in [0.2, 0.25) is 0 Å². The molecule has 0 aromatic heterocycles. The molecule has 2 N–H and O–H groups in total. The first-order chi connectivity index (χ1) is 17.5. The maximum Gasteiger partial charge on any atom is 0.407 e. The molecule has 36 heavy (non-hydrogen) atoms.